The third-order valence-electron chi connectivity index (χ3n) is 7.14. The number of anilines is 1. The van der Waals surface area contributed by atoms with Crippen molar-refractivity contribution in [3.8, 4) is 11.8 Å². The van der Waals surface area contributed by atoms with Gasteiger partial charge < -0.3 is 0 Å². The van der Waals surface area contributed by atoms with Crippen molar-refractivity contribution >= 4 is 37.1 Å². The SMILES string of the molecule is COc1c(N2CCC(C(CNC(C)=O)[As](C)CCC#N)C2)ccc2c(=O)n(N)c(=O)n(C3CC3)c12. The molecule has 3 atom stereocenters. The molecule has 2 aromatic rings. The van der Waals surface area contributed by atoms with Gasteiger partial charge in [-0.05, 0) is 0 Å². The molecule has 1 amide bonds. The fourth-order valence-corrected chi connectivity index (χ4v) is 9.68. The van der Waals surface area contributed by atoms with Crippen molar-refractivity contribution in [3.63, 3.8) is 0 Å². The number of amides is 1. The van der Waals surface area contributed by atoms with E-state index >= 15 is 0 Å². The van der Waals surface area contributed by atoms with Gasteiger partial charge in [0.1, 0.15) is 0 Å². The summed E-state index contributed by atoms with van der Waals surface area (Å²) in [5.41, 5.74) is 2.62. The summed E-state index contributed by atoms with van der Waals surface area (Å²) >= 11 is -1.34. The van der Waals surface area contributed by atoms with Crippen LogP contribution in [0.2, 0.25) is 15.6 Å². The van der Waals surface area contributed by atoms with E-state index in [9.17, 15) is 14.4 Å². The number of nitriles is 1. The molecule has 3 N–H and O–H groups in total. The minimum absolute atomic E-state index is 0.0187. The van der Waals surface area contributed by atoms with Gasteiger partial charge in [-0.15, -0.1) is 0 Å². The molecule has 0 radical (unpaired) electrons. The topological polar surface area (TPSA) is 135 Å². The zero-order valence-electron chi connectivity index (χ0n) is 20.5. The van der Waals surface area contributed by atoms with Crippen LogP contribution < -0.4 is 32.0 Å². The van der Waals surface area contributed by atoms with E-state index < -0.39 is 25.9 Å². The van der Waals surface area contributed by atoms with Gasteiger partial charge in [-0.3, -0.25) is 0 Å². The van der Waals surface area contributed by atoms with Crippen LogP contribution in [0.1, 0.15) is 38.6 Å². The summed E-state index contributed by atoms with van der Waals surface area (Å²) in [5.74, 6) is 6.68. The van der Waals surface area contributed by atoms with E-state index in [4.69, 9.17) is 15.8 Å². The average molecular weight is 544 g/mol. The molecule has 1 aliphatic heterocycles. The normalized spacial score (nSPS) is 19.4. The molecule has 10 nitrogen and oxygen atoms in total. The second-order valence-corrected chi connectivity index (χ2v) is 15.0. The molecule has 3 unspecified atom stereocenters. The second kappa shape index (κ2) is 10.4. The zero-order valence-corrected chi connectivity index (χ0v) is 22.4. The van der Waals surface area contributed by atoms with Gasteiger partial charge in [-0.25, -0.2) is 0 Å². The molecule has 4 rings (SSSR count). The molecule has 1 aliphatic carbocycles. The summed E-state index contributed by atoms with van der Waals surface area (Å²) < 4.78 is 8.52. The van der Waals surface area contributed by atoms with Crippen LogP contribution in [0.15, 0.2) is 21.7 Å². The predicted octanol–water partition coefficient (Wildman–Crippen LogP) is 1.59. The fourth-order valence-electron chi connectivity index (χ4n) is 5.17. The molecule has 1 aromatic carbocycles. The number of methoxy groups -OCH3 is 1. The first-order valence-corrected chi connectivity index (χ1v) is 16.3. The summed E-state index contributed by atoms with van der Waals surface area (Å²) in [4.78, 5) is 39.6. The van der Waals surface area contributed by atoms with Gasteiger partial charge in [0.25, 0.3) is 0 Å². The fraction of sp³-hybridized carbons (Fsp3) is 0.583. The molecular formula is C24H33AsN6O4. The van der Waals surface area contributed by atoms with Gasteiger partial charge in [0.05, 0.1) is 0 Å². The Bertz CT molecular complexity index is 1280. The van der Waals surface area contributed by atoms with Crippen LogP contribution in [0.4, 0.5) is 5.69 Å². The number of nitrogens with zero attached hydrogens (tertiary/aromatic N) is 4. The third kappa shape index (κ3) is 4.92. The van der Waals surface area contributed by atoms with Gasteiger partial charge in [-0.2, -0.15) is 0 Å². The second-order valence-electron chi connectivity index (χ2n) is 9.46. The molecule has 1 aromatic heterocycles. The van der Waals surface area contributed by atoms with E-state index in [0.29, 0.717) is 44.9 Å². The number of fused-ring (bicyclic) bond motifs is 1. The summed E-state index contributed by atoms with van der Waals surface area (Å²) in [6.07, 6.45) is 3.25. The van der Waals surface area contributed by atoms with Gasteiger partial charge in [0.15, 0.2) is 0 Å². The molecule has 35 heavy (non-hydrogen) atoms. The number of carbonyl (C=O) groups is 1. The van der Waals surface area contributed by atoms with E-state index in [1.54, 1.807) is 17.7 Å². The predicted molar refractivity (Wildman–Crippen MR) is 137 cm³/mol. The van der Waals surface area contributed by atoms with Gasteiger partial charge in [0.2, 0.25) is 0 Å². The van der Waals surface area contributed by atoms with Crippen molar-refractivity contribution in [1.82, 2.24) is 14.6 Å². The first kappa shape index (κ1) is 25.2. The number of benzene rings is 1. The Morgan fingerprint density at radius 3 is 2.71 bits per heavy atom. The number of nitrogen functional groups attached to an aromatic ring is 1. The number of carbonyl (C=O) groups excluding carboxylic acids is 1. The molecule has 2 aliphatic rings. The Balaban J connectivity index is 1.70. The number of ether oxygens (including phenoxy) is 1. The summed E-state index contributed by atoms with van der Waals surface area (Å²) in [6, 6.07) is 5.91. The van der Waals surface area contributed by atoms with E-state index in [-0.39, 0.29) is 11.9 Å². The number of aromatic nitrogens is 2. The molecule has 1 saturated carbocycles. The van der Waals surface area contributed by atoms with Crippen LogP contribution in [0.25, 0.3) is 10.9 Å². The van der Waals surface area contributed by atoms with Crippen LogP contribution in [0.5, 0.6) is 5.75 Å². The maximum atomic E-state index is 12.9. The van der Waals surface area contributed by atoms with Crippen molar-refractivity contribution in [2.75, 3.05) is 37.5 Å². The molecule has 0 spiro atoms. The molecule has 1 saturated heterocycles. The first-order chi connectivity index (χ1) is 16.8. The summed E-state index contributed by atoms with van der Waals surface area (Å²) in [6.45, 7) is 3.78. The van der Waals surface area contributed by atoms with Crippen LogP contribution in [0, 0.1) is 17.2 Å². The molecule has 11 heteroatoms. The molecule has 0 bridgehead atoms. The van der Waals surface area contributed by atoms with E-state index in [1.807, 2.05) is 6.07 Å². The summed E-state index contributed by atoms with van der Waals surface area (Å²) in [5, 5.41) is 13.4. The van der Waals surface area contributed by atoms with Crippen LogP contribution in [-0.2, 0) is 4.79 Å². The standard InChI is InChI=1S/C24H33AsN6O4/c1-15(32)28-13-19(25(2)10-4-11-26)16-9-12-29(14-16)20-8-7-18-21(22(20)35-3)30(17-5-6-17)24(34)31(27)23(18)33/h7-8,16-17,19H,4-6,9-10,12-14,27H2,1-3H3,(H,28,32). The van der Waals surface area contributed by atoms with Gasteiger partial charge >= 0.3 is 209 Å². The zero-order chi connectivity index (χ0) is 25.3. The number of rotatable bonds is 9. The Kier molecular flexibility index (Phi) is 7.46. The Morgan fingerprint density at radius 2 is 2.09 bits per heavy atom. The number of hydrogen-bond donors (Lipinski definition) is 2. The molecular weight excluding hydrogens is 511 g/mol. The quantitative estimate of drug-likeness (QED) is 0.362. The van der Waals surface area contributed by atoms with E-state index in [2.05, 4.69) is 22.0 Å². The maximum absolute atomic E-state index is 12.9. The van der Waals surface area contributed by atoms with Gasteiger partial charge in [-0.1, -0.05) is 0 Å². The van der Waals surface area contributed by atoms with Gasteiger partial charge in [0, 0.05) is 0 Å². The Morgan fingerprint density at radius 1 is 1.34 bits per heavy atom. The number of hydrogen-bond acceptors (Lipinski definition) is 7. The molecule has 2 heterocycles. The third-order valence-corrected chi connectivity index (χ3v) is 12.7. The van der Waals surface area contributed by atoms with Crippen molar-refractivity contribution in [3.05, 3.63) is 33.0 Å². The Labute approximate surface area is 208 Å². The van der Waals surface area contributed by atoms with Crippen molar-refractivity contribution in [1.29, 1.82) is 5.26 Å². The van der Waals surface area contributed by atoms with Crippen LogP contribution in [-0.4, -0.2) is 56.5 Å². The Hall–Kier alpha value is -2.92. The van der Waals surface area contributed by atoms with E-state index in [1.165, 1.54) is 6.92 Å². The molecule has 188 valence electrons. The monoisotopic (exact) mass is 544 g/mol. The van der Waals surface area contributed by atoms with Crippen LogP contribution >= 0.6 is 0 Å². The average Bonchev–Trinajstić information content (AvgIpc) is 3.56. The molecule has 2 fully saturated rings. The number of nitrogens with two attached hydrogens (primary N) is 1. The first-order valence-electron chi connectivity index (χ1n) is 12.0. The van der Waals surface area contributed by atoms with Crippen molar-refractivity contribution in [2.45, 2.75) is 54.3 Å². The van der Waals surface area contributed by atoms with Crippen molar-refractivity contribution in [2.24, 2.45) is 5.92 Å². The summed E-state index contributed by atoms with van der Waals surface area (Å²) in [7, 11) is 1.57. The number of nitrogens with one attached hydrogen (secondary N) is 1. The van der Waals surface area contributed by atoms with Crippen LogP contribution in [0.3, 0.4) is 0 Å². The minimum atomic E-state index is -1.34. The van der Waals surface area contributed by atoms with Crippen molar-refractivity contribution < 1.29 is 9.53 Å². The van der Waals surface area contributed by atoms with E-state index in [0.717, 1.165) is 43.2 Å².